The number of carbonyl (C=O) groups is 2. The molecule has 0 spiro atoms. The van der Waals surface area contributed by atoms with E-state index < -0.39 is 6.04 Å². The first kappa shape index (κ1) is 16.4. The average molecular weight is 361 g/mol. The third-order valence-corrected chi connectivity index (χ3v) is 5.12. The molecule has 0 aliphatic rings. The lowest BCUT2D eigenvalue weighted by Gasteiger charge is -2.12. The molecule has 0 saturated carbocycles. The van der Waals surface area contributed by atoms with Crippen molar-refractivity contribution in [2.24, 2.45) is 0 Å². The van der Waals surface area contributed by atoms with Gasteiger partial charge in [0.05, 0.1) is 16.7 Å². The molecule has 1 atom stereocenters. The zero-order valence-electron chi connectivity index (χ0n) is 13.0. The normalized spacial score (nSPS) is 11.9. The highest BCUT2D eigenvalue weighted by atomic mass is 32.1. The van der Waals surface area contributed by atoms with Gasteiger partial charge in [-0.2, -0.15) is 0 Å². The summed E-state index contributed by atoms with van der Waals surface area (Å²) in [6.07, 6.45) is 0. The number of benzene rings is 1. The Morgan fingerprint density at radius 1 is 1.25 bits per heavy atom. The molecule has 3 aromatic rings. The van der Waals surface area contributed by atoms with Gasteiger partial charge in [0, 0.05) is 0 Å². The summed E-state index contributed by atoms with van der Waals surface area (Å²) >= 11 is 2.68. The average Bonchev–Trinajstić information content (AvgIpc) is 3.23. The number of fused-ring (bicyclic) bond motifs is 1. The maximum Gasteiger partial charge on any atom is 0.261 e. The molecular formula is C16H15N3O3S2. The third kappa shape index (κ3) is 3.39. The van der Waals surface area contributed by atoms with Crippen molar-refractivity contribution in [3.8, 4) is 5.75 Å². The standard InChI is InChI=1S/C16H15N3O3S2/c1-9(17-15(21)12-7-4-8-23-12)14(20)19-16-18-13-10(22-2)5-3-6-11(13)24-16/h3-9H,1-2H3,(H,17,21)(H,18,19,20)/t9-/m0/s1. The number of nitrogens with zero attached hydrogens (tertiary/aromatic N) is 1. The van der Waals surface area contributed by atoms with Crippen LogP contribution in [0.3, 0.4) is 0 Å². The van der Waals surface area contributed by atoms with Gasteiger partial charge >= 0.3 is 0 Å². The fourth-order valence-corrected chi connectivity index (χ4v) is 3.61. The minimum atomic E-state index is -0.673. The van der Waals surface area contributed by atoms with Gasteiger partial charge in [-0.25, -0.2) is 4.98 Å². The van der Waals surface area contributed by atoms with Crippen molar-refractivity contribution in [1.29, 1.82) is 0 Å². The van der Waals surface area contributed by atoms with Crippen LogP contribution in [-0.2, 0) is 4.79 Å². The summed E-state index contributed by atoms with van der Waals surface area (Å²) in [4.78, 5) is 29.2. The second-order valence-electron chi connectivity index (χ2n) is 4.99. The number of thiazole rings is 1. The molecule has 0 aliphatic heterocycles. The van der Waals surface area contributed by atoms with Crippen molar-refractivity contribution < 1.29 is 14.3 Å². The maximum absolute atomic E-state index is 12.3. The van der Waals surface area contributed by atoms with Crippen molar-refractivity contribution >= 4 is 49.8 Å². The largest absolute Gasteiger partial charge is 0.494 e. The molecule has 24 heavy (non-hydrogen) atoms. The van der Waals surface area contributed by atoms with Gasteiger partial charge in [0.2, 0.25) is 5.91 Å². The van der Waals surface area contributed by atoms with Gasteiger partial charge in [0.15, 0.2) is 5.13 Å². The molecule has 3 rings (SSSR count). The number of rotatable bonds is 5. The first-order valence-electron chi connectivity index (χ1n) is 7.17. The van der Waals surface area contributed by atoms with Crippen LogP contribution in [0.2, 0.25) is 0 Å². The van der Waals surface area contributed by atoms with Gasteiger partial charge in [0.25, 0.3) is 5.91 Å². The SMILES string of the molecule is COc1cccc2sc(NC(=O)[C@H](C)NC(=O)c3cccs3)nc12. The topological polar surface area (TPSA) is 80.3 Å². The number of methoxy groups -OCH3 is 1. The first-order valence-corrected chi connectivity index (χ1v) is 8.87. The number of thiophene rings is 1. The molecule has 0 aliphatic carbocycles. The van der Waals surface area contributed by atoms with E-state index in [1.165, 1.54) is 22.7 Å². The Kier molecular flexibility index (Phi) is 4.77. The van der Waals surface area contributed by atoms with Gasteiger partial charge in [-0.3, -0.25) is 9.59 Å². The van der Waals surface area contributed by atoms with E-state index in [9.17, 15) is 9.59 Å². The highest BCUT2D eigenvalue weighted by Gasteiger charge is 2.19. The van der Waals surface area contributed by atoms with E-state index in [1.807, 2.05) is 23.6 Å². The van der Waals surface area contributed by atoms with Gasteiger partial charge in [-0.15, -0.1) is 11.3 Å². The molecule has 0 saturated heterocycles. The number of nitrogens with one attached hydrogen (secondary N) is 2. The third-order valence-electron chi connectivity index (χ3n) is 3.32. The number of amides is 2. The van der Waals surface area contributed by atoms with E-state index in [4.69, 9.17) is 4.74 Å². The summed E-state index contributed by atoms with van der Waals surface area (Å²) in [5, 5.41) is 7.69. The molecule has 1 aromatic carbocycles. The molecular weight excluding hydrogens is 346 g/mol. The first-order chi connectivity index (χ1) is 11.6. The molecule has 2 N–H and O–H groups in total. The molecule has 2 heterocycles. The molecule has 8 heteroatoms. The lowest BCUT2D eigenvalue weighted by molar-refractivity contribution is -0.117. The summed E-state index contributed by atoms with van der Waals surface area (Å²) in [7, 11) is 1.58. The zero-order valence-corrected chi connectivity index (χ0v) is 14.7. The van der Waals surface area contributed by atoms with Crippen LogP contribution in [0.15, 0.2) is 35.7 Å². The maximum atomic E-state index is 12.3. The Hall–Kier alpha value is -2.45. The second kappa shape index (κ2) is 6.98. The number of anilines is 1. The van der Waals surface area contributed by atoms with E-state index >= 15 is 0 Å². The number of hydrogen-bond donors (Lipinski definition) is 2. The van der Waals surface area contributed by atoms with Gasteiger partial charge in [0.1, 0.15) is 17.3 Å². The van der Waals surface area contributed by atoms with E-state index in [0.717, 1.165) is 4.70 Å². The molecule has 2 aromatic heterocycles. The smallest absolute Gasteiger partial charge is 0.261 e. The fourth-order valence-electron chi connectivity index (χ4n) is 2.10. The monoisotopic (exact) mass is 361 g/mol. The lowest BCUT2D eigenvalue weighted by atomic mass is 10.3. The van der Waals surface area contributed by atoms with Gasteiger partial charge in [-0.05, 0) is 30.5 Å². The van der Waals surface area contributed by atoms with Crippen LogP contribution < -0.4 is 15.4 Å². The van der Waals surface area contributed by atoms with E-state index in [2.05, 4.69) is 15.6 Å². The molecule has 0 radical (unpaired) electrons. The summed E-state index contributed by atoms with van der Waals surface area (Å²) in [6.45, 7) is 1.63. The molecule has 6 nitrogen and oxygen atoms in total. The number of carbonyl (C=O) groups excluding carboxylic acids is 2. The van der Waals surface area contributed by atoms with Crippen molar-refractivity contribution in [3.05, 3.63) is 40.6 Å². The van der Waals surface area contributed by atoms with E-state index in [1.54, 1.807) is 26.2 Å². The Bertz CT molecular complexity index is 874. The Morgan fingerprint density at radius 2 is 2.08 bits per heavy atom. The number of para-hydroxylation sites is 1. The van der Waals surface area contributed by atoms with Crippen LogP contribution in [0.5, 0.6) is 5.75 Å². The predicted octanol–water partition coefficient (Wildman–Crippen LogP) is 3.12. The van der Waals surface area contributed by atoms with Crippen LogP contribution in [0.25, 0.3) is 10.2 Å². The highest BCUT2D eigenvalue weighted by molar-refractivity contribution is 7.22. The van der Waals surface area contributed by atoms with E-state index in [0.29, 0.717) is 21.3 Å². The van der Waals surface area contributed by atoms with E-state index in [-0.39, 0.29) is 11.8 Å². The second-order valence-corrected chi connectivity index (χ2v) is 6.97. The minimum Gasteiger partial charge on any atom is -0.494 e. The molecule has 124 valence electrons. The number of ether oxygens (including phenoxy) is 1. The lowest BCUT2D eigenvalue weighted by Crippen LogP contribution is -2.41. The minimum absolute atomic E-state index is 0.265. The van der Waals surface area contributed by atoms with Crippen molar-refractivity contribution in [2.45, 2.75) is 13.0 Å². The van der Waals surface area contributed by atoms with Gasteiger partial charge < -0.3 is 15.4 Å². The summed E-state index contributed by atoms with van der Waals surface area (Å²) in [5.41, 5.74) is 0.704. The summed E-state index contributed by atoms with van der Waals surface area (Å²) < 4.78 is 6.18. The van der Waals surface area contributed by atoms with Crippen LogP contribution >= 0.6 is 22.7 Å². The molecule has 0 unspecified atom stereocenters. The summed E-state index contributed by atoms with van der Waals surface area (Å²) in [5.74, 6) is 0.0693. The molecule has 2 amide bonds. The van der Waals surface area contributed by atoms with Crippen LogP contribution in [0.1, 0.15) is 16.6 Å². The Balaban J connectivity index is 1.69. The number of hydrogen-bond acceptors (Lipinski definition) is 6. The highest BCUT2D eigenvalue weighted by Crippen LogP contribution is 2.32. The zero-order chi connectivity index (χ0) is 17.1. The van der Waals surface area contributed by atoms with Crippen molar-refractivity contribution in [1.82, 2.24) is 10.3 Å². The van der Waals surface area contributed by atoms with Crippen molar-refractivity contribution in [2.75, 3.05) is 12.4 Å². The number of aromatic nitrogens is 1. The quantitative estimate of drug-likeness (QED) is 0.732. The summed E-state index contributed by atoms with van der Waals surface area (Å²) in [6, 6.07) is 8.43. The van der Waals surface area contributed by atoms with Crippen molar-refractivity contribution in [3.63, 3.8) is 0 Å². The Labute approximate surface area is 146 Å². The molecule has 0 bridgehead atoms. The molecule has 0 fully saturated rings. The van der Waals surface area contributed by atoms with Gasteiger partial charge in [-0.1, -0.05) is 23.5 Å². The Morgan fingerprint density at radius 3 is 2.79 bits per heavy atom. The van der Waals surface area contributed by atoms with Crippen LogP contribution in [0, 0.1) is 0 Å². The van der Waals surface area contributed by atoms with Crippen LogP contribution in [-0.4, -0.2) is 29.9 Å². The van der Waals surface area contributed by atoms with Crippen LogP contribution in [0.4, 0.5) is 5.13 Å². The fraction of sp³-hybridized carbons (Fsp3) is 0.188. The predicted molar refractivity (Wildman–Crippen MR) is 96.0 cm³/mol.